The molecule has 0 aromatic heterocycles. The van der Waals surface area contributed by atoms with Gasteiger partial charge in [0.05, 0.1) is 7.11 Å². The number of carbonyl (C=O) groups is 1. The van der Waals surface area contributed by atoms with Crippen molar-refractivity contribution in [3.63, 3.8) is 0 Å². The van der Waals surface area contributed by atoms with Crippen molar-refractivity contribution in [2.75, 3.05) is 7.11 Å². The summed E-state index contributed by atoms with van der Waals surface area (Å²) in [5, 5.41) is 0. The lowest BCUT2D eigenvalue weighted by Gasteiger charge is -2.24. The van der Waals surface area contributed by atoms with Crippen molar-refractivity contribution in [3.05, 3.63) is 34.9 Å². The van der Waals surface area contributed by atoms with E-state index in [0.717, 1.165) is 35.3 Å². The van der Waals surface area contributed by atoms with Gasteiger partial charge in [-0.15, -0.1) is 0 Å². The predicted octanol–water partition coefficient (Wildman–Crippen LogP) is 2.34. The minimum Gasteiger partial charge on any atom is -0.496 e. The molecule has 3 rings (SSSR count). The van der Waals surface area contributed by atoms with E-state index in [-0.39, 0.29) is 12.1 Å². The molecule has 1 aliphatic carbocycles. The monoisotopic (exact) mass is 230 g/mol. The summed E-state index contributed by atoms with van der Waals surface area (Å²) in [7, 11) is 1.68. The summed E-state index contributed by atoms with van der Waals surface area (Å²) in [6, 6.07) is 5.97. The first-order chi connectivity index (χ1) is 8.22. The van der Waals surface area contributed by atoms with Crippen LogP contribution >= 0.6 is 0 Å². The molecule has 88 valence electrons. The van der Waals surface area contributed by atoms with E-state index in [1.54, 1.807) is 7.11 Å². The number of benzene rings is 1. The fourth-order valence-corrected chi connectivity index (χ4v) is 2.75. The van der Waals surface area contributed by atoms with Crippen LogP contribution < -0.4 is 4.74 Å². The van der Waals surface area contributed by atoms with Crippen molar-refractivity contribution in [1.29, 1.82) is 0 Å². The van der Waals surface area contributed by atoms with Gasteiger partial charge in [0.15, 0.2) is 0 Å². The summed E-state index contributed by atoms with van der Waals surface area (Å²) in [6.45, 7) is 1.84. The van der Waals surface area contributed by atoms with Crippen LogP contribution in [0.15, 0.2) is 23.8 Å². The average molecular weight is 230 g/mol. The molecule has 1 aromatic carbocycles. The van der Waals surface area contributed by atoms with Gasteiger partial charge in [-0.25, -0.2) is 4.79 Å². The molecule has 0 bridgehead atoms. The van der Waals surface area contributed by atoms with Crippen LogP contribution in [0.1, 0.15) is 24.5 Å². The largest absolute Gasteiger partial charge is 0.496 e. The molecule has 0 amide bonds. The summed E-state index contributed by atoms with van der Waals surface area (Å²) >= 11 is 0. The quantitative estimate of drug-likeness (QED) is 0.695. The Bertz CT molecular complexity index is 528. The van der Waals surface area contributed by atoms with Crippen molar-refractivity contribution >= 4 is 11.5 Å². The number of ether oxygens (including phenoxy) is 2. The molecule has 1 aromatic rings. The van der Waals surface area contributed by atoms with Gasteiger partial charge < -0.3 is 9.47 Å². The first kappa shape index (κ1) is 10.4. The molecule has 1 aliphatic heterocycles. The summed E-state index contributed by atoms with van der Waals surface area (Å²) in [6.07, 6.45) is 1.70. The number of esters is 1. The highest BCUT2D eigenvalue weighted by Crippen LogP contribution is 2.42. The van der Waals surface area contributed by atoms with Crippen LogP contribution in [-0.2, 0) is 16.0 Å². The number of rotatable bonds is 1. The van der Waals surface area contributed by atoms with Gasteiger partial charge in [0.2, 0.25) is 0 Å². The molecule has 17 heavy (non-hydrogen) atoms. The van der Waals surface area contributed by atoms with E-state index >= 15 is 0 Å². The van der Waals surface area contributed by atoms with Crippen LogP contribution in [0.2, 0.25) is 0 Å². The predicted molar refractivity (Wildman–Crippen MR) is 63.8 cm³/mol. The number of fused-ring (bicyclic) bond motifs is 3. The highest BCUT2D eigenvalue weighted by molar-refractivity contribution is 6.03. The molecule has 1 unspecified atom stereocenters. The zero-order valence-corrected chi connectivity index (χ0v) is 9.95. The van der Waals surface area contributed by atoms with E-state index in [1.807, 2.05) is 25.1 Å². The highest BCUT2D eigenvalue weighted by Gasteiger charge is 2.36. The minimum atomic E-state index is -0.180. The molecule has 0 radical (unpaired) electrons. The van der Waals surface area contributed by atoms with Crippen LogP contribution in [0.25, 0.3) is 5.57 Å². The van der Waals surface area contributed by atoms with Crippen LogP contribution in [0.5, 0.6) is 5.75 Å². The Kier molecular flexibility index (Phi) is 2.21. The summed E-state index contributed by atoms with van der Waals surface area (Å²) in [5.41, 5.74) is 4.10. The Labute approximate surface area is 100 Å². The van der Waals surface area contributed by atoms with Gasteiger partial charge in [-0.3, -0.25) is 0 Å². The lowest BCUT2D eigenvalue weighted by atomic mass is 9.84. The smallest absolute Gasteiger partial charge is 0.334 e. The Hall–Kier alpha value is -1.77. The Balaban J connectivity index is 2.22. The number of hydrogen-bond donors (Lipinski definition) is 0. The number of carbonyl (C=O) groups excluding carboxylic acids is 1. The van der Waals surface area contributed by atoms with Gasteiger partial charge in [-0.05, 0) is 31.4 Å². The zero-order valence-electron chi connectivity index (χ0n) is 9.95. The lowest BCUT2D eigenvalue weighted by Crippen LogP contribution is -2.18. The number of methoxy groups -OCH3 is 1. The molecule has 0 spiro atoms. The van der Waals surface area contributed by atoms with Crippen molar-refractivity contribution in [2.24, 2.45) is 0 Å². The molecule has 0 fully saturated rings. The second-order valence-corrected chi connectivity index (χ2v) is 4.46. The molecule has 0 saturated carbocycles. The Morgan fingerprint density at radius 2 is 2.24 bits per heavy atom. The fraction of sp³-hybridized carbons (Fsp3) is 0.357. The molecule has 1 heterocycles. The molecule has 0 N–H and O–H groups in total. The van der Waals surface area contributed by atoms with Gasteiger partial charge in [0, 0.05) is 16.7 Å². The van der Waals surface area contributed by atoms with E-state index in [2.05, 4.69) is 0 Å². The maximum atomic E-state index is 11.6. The van der Waals surface area contributed by atoms with Gasteiger partial charge >= 0.3 is 5.97 Å². The third kappa shape index (κ3) is 1.38. The highest BCUT2D eigenvalue weighted by atomic mass is 16.5. The Morgan fingerprint density at radius 3 is 3.00 bits per heavy atom. The molecule has 3 heteroatoms. The normalized spacial score (nSPS) is 22.0. The topological polar surface area (TPSA) is 35.5 Å². The third-order valence-electron chi connectivity index (χ3n) is 3.58. The zero-order chi connectivity index (χ0) is 12.0. The van der Waals surface area contributed by atoms with E-state index in [1.165, 1.54) is 5.56 Å². The van der Waals surface area contributed by atoms with Gasteiger partial charge in [-0.1, -0.05) is 12.1 Å². The maximum absolute atomic E-state index is 11.6. The molecule has 1 atom stereocenters. The van der Waals surface area contributed by atoms with Crippen LogP contribution in [-0.4, -0.2) is 19.2 Å². The van der Waals surface area contributed by atoms with Crippen molar-refractivity contribution in [2.45, 2.75) is 25.9 Å². The average Bonchev–Trinajstić information content (AvgIpc) is 2.64. The summed E-state index contributed by atoms with van der Waals surface area (Å²) in [4.78, 5) is 11.6. The van der Waals surface area contributed by atoms with Crippen molar-refractivity contribution in [3.8, 4) is 5.75 Å². The second kappa shape index (κ2) is 3.62. The Morgan fingerprint density at radius 1 is 1.41 bits per heavy atom. The molecular formula is C14H14O3. The summed E-state index contributed by atoms with van der Waals surface area (Å²) in [5.74, 6) is 0.723. The standard InChI is InChI=1S/C14H14O3/c1-8-13-10-4-3-5-11(16-2)9(10)6-7-12(13)17-14(8)15/h3-5,12H,6-7H2,1-2H3. The fourth-order valence-electron chi connectivity index (χ4n) is 2.75. The molecule has 3 nitrogen and oxygen atoms in total. The van der Waals surface area contributed by atoms with E-state index < -0.39 is 0 Å². The van der Waals surface area contributed by atoms with E-state index in [0.29, 0.717) is 0 Å². The molecule has 0 saturated heterocycles. The first-order valence-electron chi connectivity index (χ1n) is 5.80. The maximum Gasteiger partial charge on any atom is 0.334 e. The van der Waals surface area contributed by atoms with Gasteiger partial charge in [0.25, 0.3) is 0 Å². The minimum absolute atomic E-state index is 0.0536. The molecule has 2 aliphatic rings. The van der Waals surface area contributed by atoms with Gasteiger partial charge in [0.1, 0.15) is 11.9 Å². The van der Waals surface area contributed by atoms with E-state index in [4.69, 9.17) is 9.47 Å². The van der Waals surface area contributed by atoms with Crippen LogP contribution in [0.3, 0.4) is 0 Å². The van der Waals surface area contributed by atoms with Crippen molar-refractivity contribution in [1.82, 2.24) is 0 Å². The van der Waals surface area contributed by atoms with Crippen LogP contribution in [0, 0.1) is 0 Å². The molecular weight excluding hydrogens is 216 g/mol. The summed E-state index contributed by atoms with van der Waals surface area (Å²) < 4.78 is 10.7. The number of hydrogen-bond acceptors (Lipinski definition) is 3. The second-order valence-electron chi connectivity index (χ2n) is 4.46. The van der Waals surface area contributed by atoms with Crippen molar-refractivity contribution < 1.29 is 14.3 Å². The third-order valence-corrected chi connectivity index (χ3v) is 3.58. The van der Waals surface area contributed by atoms with Crippen LogP contribution in [0.4, 0.5) is 0 Å². The first-order valence-corrected chi connectivity index (χ1v) is 5.80. The van der Waals surface area contributed by atoms with E-state index in [9.17, 15) is 4.79 Å². The lowest BCUT2D eigenvalue weighted by molar-refractivity contribution is -0.139. The van der Waals surface area contributed by atoms with Gasteiger partial charge in [-0.2, -0.15) is 0 Å². The SMILES string of the molecule is COc1cccc2c1CCC1OC(=O)C(C)=C21.